The third kappa shape index (κ3) is 4.42. The molecule has 0 saturated heterocycles. The Hall–Kier alpha value is -2.88. The molecule has 144 valence electrons. The van der Waals surface area contributed by atoms with Crippen LogP contribution in [0.1, 0.15) is 16.7 Å². The highest BCUT2D eigenvalue weighted by Gasteiger charge is 2.09. The molecule has 4 rings (SSSR count). The van der Waals surface area contributed by atoms with Crippen LogP contribution in [-0.2, 0) is 0 Å². The van der Waals surface area contributed by atoms with Crippen LogP contribution in [0, 0.1) is 13.8 Å². The van der Waals surface area contributed by atoms with Crippen LogP contribution in [0.2, 0.25) is 10.0 Å². The second-order valence-electron chi connectivity index (χ2n) is 6.79. The monoisotopic (exact) mass is 420 g/mol. The third-order valence-electron chi connectivity index (χ3n) is 4.54. The molecule has 0 amide bonds. The molecule has 0 aliphatic heterocycles. The molecule has 29 heavy (non-hydrogen) atoms. The minimum Gasteiger partial charge on any atom is -0.436 e. The highest BCUT2D eigenvalue weighted by Crippen LogP contribution is 2.29. The van der Waals surface area contributed by atoms with Gasteiger partial charge in [0.2, 0.25) is 5.89 Å². The van der Waals surface area contributed by atoms with Gasteiger partial charge in [0.05, 0.1) is 5.69 Å². The fourth-order valence-corrected chi connectivity index (χ4v) is 3.42. The first-order chi connectivity index (χ1) is 14.0. The van der Waals surface area contributed by atoms with E-state index in [9.17, 15) is 0 Å². The van der Waals surface area contributed by atoms with E-state index in [1.807, 2.05) is 68.5 Å². The zero-order valence-corrected chi connectivity index (χ0v) is 17.5. The molecule has 1 aromatic heterocycles. The number of aliphatic imine (C=N–C) groups is 1. The van der Waals surface area contributed by atoms with Gasteiger partial charge in [0.1, 0.15) is 5.52 Å². The summed E-state index contributed by atoms with van der Waals surface area (Å²) in [5.74, 6) is 0.588. The Kier molecular flexibility index (Phi) is 5.52. The van der Waals surface area contributed by atoms with Crippen LogP contribution >= 0.6 is 23.2 Å². The predicted molar refractivity (Wildman–Crippen MR) is 123 cm³/mol. The van der Waals surface area contributed by atoms with E-state index in [4.69, 9.17) is 27.6 Å². The zero-order valence-electron chi connectivity index (χ0n) is 16.0. The van der Waals surface area contributed by atoms with E-state index in [1.165, 1.54) is 0 Å². The lowest BCUT2D eigenvalue weighted by atomic mass is 10.1. The van der Waals surface area contributed by atoms with E-state index >= 15 is 0 Å². The Balaban J connectivity index is 1.59. The molecule has 0 unspecified atom stereocenters. The molecule has 0 N–H and O–H groups in total. The molecule has 0 aliphatic rings. The summed E-state index contributed by atoms with van der Waals surface area (Å²) in [6.07, 6.45) is 5.49. The first kappa shape index (κ1) is 19.4. The highest BCUT2D eigenvalue weighted by atomic mass is 35.5. The summed E-state index contributed by atoms with van der Waals surface area (Å²) in [4.78, 5) is 9.18. The van der Waals surface area contributed by atoms with Crippen molar-refractivity contribution in [1.29, 1.82) is 0 Å². The number of hydrogen-bond donors (Lipinski definition) is 0. The van der Waals surface area contributed by atoms with Crippen LogP contribution < -0.4 is 0 Å². The Morgan fingerprint density at radius 3 is 2.66 bits per heavy atom. The Morgan fingerprint density at radius 1 is 0.966 bits per heavy atom. The van der Waals surface area contributed by atoms with Gasteiger partial charge in [-0.2, -0.15) is 0 Å². The van der Waals surface area contributed by atoms with Gasteiger partial charge in [0.15, 0.2) is 5.58 Å². The standard InChI is InChI=1S/C24H18Cl2N2O/c1-15-5-10-23-22(12-15)28-24(29-23)18-7-6-16(2)21(13-18)27-11-3-4-17-8-9-19(25)14-20(17)26/h3-14H,1-2H3. The summed E-state index contributed by atoms with van der Waals surface area (Å²) in [5.41, 5.74) is 6.48. The molecule has 0 spiro atoms. The van der Waals surface area contributed by atoms with Gasteiger partial charge in [-0.3, -0.25) is 4.99 Å². The molecule has 0 bridgehead atoms. The molecule has 1 heterocycles. The van der Waals surface area contributed by atoms with Crippen LogP contribution in [-0.4, -0.2) is 11.2 Å². The maximum Gasteiger partial charge on any atom is 0.227 e. The molecule has 0 atom stereocenters. The number of hydrogen-bond acceptors (Lipinski definition) is 3. The van der Waals surface area contributed by atoms with Crippen LogP contribution in [0.15, 0.2) is 70.1 Å². The number of halogens is 2. The molecule has 0 radical (unpaired) electrons. The fourth-order valence-electron chi connectivity index (χ4n) is 2.95. The highest BCUT2D eigenvalue weighted by molar-refractivity contribution is 6.35. The molecule has 5 heteroatoms. The topological polar surface area (TPSA) is 38.4 Å². The van der Waals surface area contributed by atoms with Crippen molar-refractivity contribution in [2.45, 2.75) is 13.8 Å². The first-order valence-electron chi connectivity index (χ1n) is 9.13. The minimum atomic E-state index is 0.588. The number of allylic oxidation sites excluding steroid dienone is 1. The summed E-state index contributed by atoms with van der Waals surface area (Å²) in [6, 6.07) is 17.4. The summed E-state index contributed by atoms with van der Waals surface area (Å²) in [6.45, 7) is 4.06. The quantitative estimate of drug-likeness (QED) is 0.315. The van der Waals surface area contributed by atoms with Crippen LogP contribution in [0.3, 0.4) is 0 Å². The number of aryl methyl sites for hydroxylation is 2. The molecular weight excluding hydrogens is 403 g/mol. The molecule has 0 aliphatic carbocycles. The maximum absolute atomic E-state index is 6.18. The van der Waals surface area contributed by atoms with Gasteiger partial charge in [-0.05, 0) is 73.0 Å². The van der Waals surface area contributed by atoms with Crippen LogP contribution in [0.25, 0.3) is 28.6 Å². The predicted octanol–water partition coefficient (Wildman–Crippen LogP) is 7.83. The molecule has 0 fully saturated rings. The molecular formula is C24H18Cl2N2O. The van der Waals surface area contributed by atoms with E-state index < -0.39 is 0 Å². The lowest BCUT2D eigenvalue weighted by Crippen LogP contribution is -1.81. The van der Waals surface area contributed by atoms with Crippen molar-refractivity contribution < 1.29 is 4.42 Å². The summed E-state index contributed by atoms with van der Waals surface area (Å²) in [7, 11) is 0. The number of fused-ring (bicyclic) bond motifs is 1. The molecule has 3 aromatic carbocycles. The SMILES string of the molecule is Cc1ccc2oc(-c3ccc(C)c(N=CC=Cc4ccc(Cl)cc4Cl)c3)nc2c1. The zero-order chi connectivity index (χ0) is 20.4. The van der Waals surface area contributed by atoms with Crippen molar-refractivity contribution in [1.82, 2.24) is 4.98 Å². The largest absolute Gasteiger partial charge is 0.436 e. The number of rotatable bonds is 4. The van der Waals surface area contributed by atoms with E-state index in [-0.39, 0.29) is 0 Å². The number of aromatic nitrogens is 1. The van der Waals surface area contributed by atoms with Gasteiger partial charge in [0, 0.05) is 21.8 Å². The average Bonchev–Trinajstić information content (AvgIpc) is 3.11. The van der Waals surface area contributed by atoms with Crippen molar-refractivity contribution in [2.75, 3.05) is 0 Å². The molecule has 4 aromatic rings. The van der Waals surface area contributed by atoms with Gasteiger partial charge < -0.3 is 4.42 Å². The number of oxazole rings is 1. The molecule has 3 nitrogen and oxygen atoms in total. The van der Waals surface area contributed by atoms with Gasteiger partial charge >= 0.3 is 0 Å². The summed E-state index contributed by atoms with van der Waals surface area (Å²) < 4.78 is 5.91. The minimum absolute atomic E-state index is 0.588. The fraction of sp³-hybridized carbons (Fsp3) is 0.0833. The van der Waals surface area contributed by atoms with Crippen molar-refractivity contribution in [3.63, 3.8) is 0 Å². The van der Waals surface area contributed by atoms with Crippen molar-refractivity contribution in [3.8, 4) is 11.5 Å². The maximum atomic E-state index is 6.18. The first-order valence-corrected chi connectivity index (χ1v) is 9.89. The average molecular weight is 421 g/mol. The number of benzene rings is 3. The Bertz CT molecular complexity index is 1260. The lowest BCUT2D eigenvalue weighted by Gasteiger charge is -2.02. The summed E-state index contributed by atoms with van der Waals surface area (Å²) in [5, 5.41) is 1.22. The van der Waals surface area contributed by atoms with E-state index in [2.05, 4.69) is 9.98 Å². The van der Waals surface area contributed by atoms with Gasteiger partial charge in [-0.1, -0.05) is 47.5 Å². The van der Waals surface area contributed by atoms with Gasteiger partial charge in [0.25, 0.3) is 0 Å². The van der Waals surface area contributed by atoms with Crippen molar-refractivity contribution in [3.05, 3.63) is 87.4 Å². The third-order valence-corrected chi connectivity index (χ3v) is 5.10. The normalized spacial score (nSPS) is 11.9. The van der Waals surface area contributed by atoms with Gasteiger partial charge in [-0.25, -0.2) is 4.98 Å². The smallest absolute Gasteiger partial charge is 0.227 e. The van der Waals surface area contributed by atoms with Crippen LogP contribution in [0.4, 0.5) is 5.69 Å². The van der Waals surface area contributed by atoms with E-state index in [1.54, 1.807) is 18.3 Å². The Labute approximate surface area is 179 Å². The van der Waals surface area contributed by atoms with Crippen molar-refractivity contribution in [2.24, 2.45) is 4.99 Å². The second-order valence-corrected chi connectivity index (χ2v) is 7.64. The lowest BCUT2D eigenvalue weighted by molar-refractivity contribution is 0.620. The van der Waals surface area contributed by atoms with E-state index in [0.717, 1.165) is 39.0 Å². The number of nitrogens with zero attached hydrogens (tertiary/aromatic N) is 2. The summed E-state index contributed by atoms with van der Waals surface area (Å²) >= 11 is 12.1. The Morgan fingerprint density at radius 2 is 1.83 bits per heavy atom. The second kappa shape index (κ2) is 8.24. The van der Waals surface area contributed by atoms with Crippen molar-refractivity contribution >= 4 is 52.3 Å². The van der Waals surface area contributed by atoms with Crippen LogP contribution in [0.5, 0.6) is 0 Å². The van der Waals surface area contributed by atoms with Gasteiger partial charge in [-0.15, -0.1) is 0 Å². The van der Waals surface area contributed by atoms with E-state index in [0.29, 0.717) is 15.9 Å². The molecule has 0 saturated carbocycles.